The molecule has 1 fully saturated rings. The minimum Gasteiger partial charge on any atom is -0.317 e. The van der Waals surface area contributed by atoms with Gasteiger partial charge in [-0.05, 0) is 42.7 Å². The Labute approximate surface area is 142 Å². The quantitative estimate of drug-likeness (QED) is 0.727. The highest BCUT2D eigenvalue weighted by atomic mass is 32.1. The van der Waals surface area contributed by atoms with Crippen LogP contribution in [0.5, 0.6) is 0 Å². The van der Waals surface area contributed by atoms with Gasteiger partial charge in [0.25, 0.3) is 0 Å². The predicted molar refractivity (Wildman–Crippen MR) is 93.7 cm³/mol. The van der Waals surface area contributed by atoms with Crippen molar-refractivity contribution in [1.82, 2.24) is 9.88 Å². The lowest BCUT2D eigenvalue weighted by molar-refractivity contribution is 0.207. The third kappa shape index (κ3) is 2.85. The molecular weight excluding hydrogens is 325 g/mol. The molecule has 122 valence electrons. The molecule has 1 saturated heterocycles. The highest BCUT2D eigenvalue weighted by Crippen LogP contribution is 2.33. The standard InChI is InChI=1S/C18H16FN3OS/c19-13-9-7-12(8-10-13)15-5-3-11-22(15)18(23)21-17-20-14-4-1-2-6-16(14)24-17/h1-2,4,6-10,15H,3,5,11H2,(H,20,21,23)/t15-/m1/s1. The Morgan fingerprint density at radius 1 is 1.21 bits per heavy atom. The Hall–Kier alpha value is -2.47. The summed E-state index contributed by atoms with van der Waals surface area (Å²) in [5, 5.41) is 3.51. The summed E-state index contributed by atoms with van der Waals surface area (Å²) in [4.78, 5) is 18.9. The van der Waals surface area contributed by atoms with Crippen molar-refractivity contribution >= 4 is 32.7 Å². The molecule has 0 bridgehead atoms. The lowest BCUT2D eigenvalue weighted by Gasteiger charge is -2.24. The lowest BCUT2D eigenvalue weighted by atomic mass is 10.0. The zero-order valence-electron chi connectivity index (χ0n) is 12.9. The molecule has 1 N–H and O–H groups in total. The summed E-state index contributed by atoms with van der Waals surface area (Å²) < 4.78 is 14.2. The van der Waals surface area contributed by atoms with Crippen molar-refractivity contribution in [3.63, 3.8) is 0 Å². The van der Waals surface area contributed by atoms with E-state index in [1.165, 1.54) is 23.5 Å². The number of urea groups is 1. The van der Waals surface area contributed by atoms with Gasteiger partial charge in [-0.1, -0.05) is 35.6 Å². The number of carbonyl (C=O) groups excluding carboxylic acids is 1. The summed E-state index contributed by atoms with van der Waals surface area (Å²) in [6.45, 7) is 0.693. The van der Waals surface area contributed by atoms with Crippen LogP contribution in [0.4, 0.5) is 14.3 Å². The smallest absolute Gasteiger partial charge is 0.317 e. The van der Waals surface area contributed by atoms with E-state index in [1.807, 2.05) is 24.3 Å². The normalized spacial score (nSPS) is 17.4. The van der Waals surface area contributed by atoms with E-state index in [9.17, 15) is 9.18 Å². The average Bonchev–Trinajstić information content (AvgIpc) is 3.21. The number of para-hydroxylation sites is 1. The predicted octanol–water partition coefficient (Wildman–Crippen LogP) is 4.80. The Bertz CT molecular complexity index is 844. The Balaban J connectivity index is 1.53. The molecular formula is C18H16FN3OS. The number of likely N-dealkylation sites (tertiary alicyclic amines) is 1. The highest BCUT2D eigenvalue weighted by Gasteiger charge is 2.30. The number of nitrogens with one attached hydrogen (secondary N) is 1. The van der Waals surface area contributed by atoms with Gasteiger partial charge in [0.15, 0.2) is 5.13 Å². The van der Waals surface area contributed by atoms with E-state index < -0.39 is 0 Å². The van der Waals surface area contributed by atoms with Gasteiger partial charge in [-0.3, -0.25) is 5.32 Å². The lowest BCUT2D eigenvalue weighted by Crippen LogP contribution is -2.34. The molecule has 24 heavy (non-hydrogen) atoms. The van der Waals surface area contributed by atoms with Gasteiger partial charge >= 0.3 is 6.03 Å². The van der Waals surface area contributed by atoms with Crippen molar-refractivity contribution < 1.29 is 9.18 Å². The molecule has 2 amide bonds. The summed E-state index contributed by atoms with van der Waals surface area (Å²) in [7, 11) is 0. The highest BCUT2D eigenvalue weighted by molar-refractivity contribution is 7.22. The van der Waals surface area contributed by atoms with Gasteiger partial charge in [-0.2, -0.15) is 0 Å². The van der Waals surface area contributed by atoms with Crippen LogP contribution in [0.3, 0.4) is 0 Å². The van der Waals surface area contributed by atoms with Crippen LogP contribution in [0.2, 0.25) is 0 Å². The van der Waals surface area contributed by atoms with Crippen LogP contribution in [0.25, 0.3) is 10.2 Å². The molecule has 2 aromatic carbocycles. The van der Waals surface area contributed by atoms with Crippen LogP contribution in [0.15, 0.2) is 48.5 Å². The molecule has 4 rings (SSSR count). The maximum Gasteiger partial charge on any atom is 0.324 e. The van der Waals surface area contributed by atoms with Crippen LogP contribution >= 0.6 is 11.3 Å². The second-order valence-electron chi connectivity index (χ2n) is 5.82. The number of benzene rings is 2. The maximum absolute atomic E-state index is 13.1. The third-order valence-corrected chi connectivity index (χ3v) is 5.23. The van der Waals surface area contributed by atoms with Gasteiger partial charge < -0.3 is 4.90 Å². The van der Waals surface area contributed by atoms with E-state index in [0.29, 0.717) is 11.7 Å². The van der Waals surface area contributed by atoms with Crippen molar-refractivity contribution in [1.29, 1.82) is 0 Å². The fraction of sp³-hybridized carbons (Fsp3) is 0.222. The molecule has 6 heteroatoms. The van der Waals surface area contributed by atoms with Crippen LogP contribution in [0.1, 0.15) is 24.4 Å². The number of aromatic nitrogens is 1. The first kappa shape index (κ1) is 15.1. The van der Waals surface area contributed by atoms with Crippen LogP contribution in [-0.4, -0.2) is 22.5 Å². The van der Waals surface area contributed by atoms with Crippen molar-refractivity contribution in [3.05, 3.63) is 59.9 Å². The van der Waals surface area contributed by atoms with Gasteiger partial charge in [0, 0.05) is 6.54 Å². The molecule has 3 aromatic rings. The van der Waals surface area contributed by atoms with Gasteiger partial charge in [-0.25, -0.2) is 14.2 Å². The number of hydrogen-bond acceptors (Lipinski definition) is 3. The molecule has 1 aromatic heterocycles. The second kappa shape index (κ2) is 6.20. The zero-order valence-corrected chi connectivity index (χ0v) is 13.7. The minimum absolute atomic E-state index is 0.0139. The summed E-state index contributed by atoms with van der Waals surface area (Å²) in [6.07, 6.45) is 1.83. The van der Waals surface area contributed by atoms with E-state index in [1.54, 1.807) is 17.0 Å². The molecule has 4 nitrogen and oxygen atoms in total. The van der Waals surface area contributed by atoms with Crippen molar-refractivity contribution in [3.8, 4) is 0 Å². The fourth-order valence-corrected chi connectivity index (χ4v) is 3.99. The number of anilines is 1. The van der Waals surface area contributed by atoms with Crippen LogP contribution in [0, 0.1) is 5.82 Å². The van der Waals surface area contributed by atoms with Gasteiger partial charge in [0.2, 0.25) is 0 Å². The van der Waals surface area contributed by atoms with E-state index in [4.69, 9.17) is 0 Å². The SMILES string of the molecule is O=C(Nc1nc2ccccc2s1)N1CCC[C@@H]1c1ccc(F)cc1. The second-order valence-corrected chi connectivity index (χ2v) is 6.85. The zero-order chi connectivity index (χ0) is 16.5. The third-order valence-electron chi connectivity index (χ3n) is 4.28. The van der Waals surface area contributed by atoms with Crippen molar-refractivity contribution in [2.24, 2.45) is 0 Å². The summed E-state index contributed by atoms with van der Waals surface area (Å²) >= 11 is 1.46. The summed E-state index contributed by atoms with van der Waals surface area (Å²) in [6, 6.07) is 14.0. The van der Waals surface area contributed by atoms with E-state index in [-0.39, 0.29) is 17.9 Å². The first-order valence-corrected chi connectivity index (χ1v) is 8.71. The van der Waals surface area contributed by atoms with E-state index in [0.717, 1.165) is 28.6 Å². The molecule has 1 atom stereocenters. The molecule has 0 unspecified atom stereocenters. The minimum atomic E-state index is -0.262. The van der Waals surface area contributed by atoms with Crippen LogP contribution < -0.4 is 5.32 Å². The number of rotatable bonds is 2. The average molecular weight is 341 g/mol. The van der Waals surface area contributed by atoms with Crippen molar-refractivity contribution in [2.45, 2.75) is 18.9 Å². The van der Waals surface area contributed by atoms with Gasteiger partial charge in [-0.15, -0.1) is 0 Å². The molecule has 0 spiro atoms. The fourth-order valence-electron chi connectivity index (χ4n) is 3.13. The number of fused-ring (bicyclic) bond motifs is 1. The molecule has 0 radical (unpaired) electrons. The van der Waals surface area contributed by atoms with Crippen molar-refractivity contribution in [2.75, 3.05) is 11.9 Å². The molecule has 1 aliphatic rings. The number of nitrogens with zero attached hydrogens (tertiary/aromatic N) is 2. The largest absolute Gasteiger partial charge is 0.324 e. The molecule has 2 heterocycles. The number of carbonyl (C=O) groups is 1. The number of halogens is 1. The Morgan fingerprint density at radius 2 is 2.00 bits per heavy atom. The van der Waals surface area contributed by atoms with Crippen LogP contribution in [-0.2, 0) is 0 Å². The van der Waals surface area contributed by atoms with Gasteiger partial charge in [0.1, 0.15) is 5.82 Å². The van der Waals surface area contributed by atoms with Gasteiger partial charge in [0.05, 0.1) is 16.3 Å². The topological polar surface area (TPSA) is 45.2 Å². The molecule has 0 aliphatic carbocycles. The first-order valence-electron chi connectivity index (χ1n) is 7.89. The summed E-state index contributed by atoms with van der Waals surface area (Å²) in [5.41, 5.74) is 1.85. The number of hydrogen-bond donors (Lipinski definition) is 1. The first-order chi connectivity index (χ1) is 11.7. The molecule has 1 aliphatic heterocycles. The summed E-state index contributed by atoms with van der Waals surface area (Å²) in [5.74, 6) is -0.262. The maximum atomic E-state index is 13.1. The van der Waals surface area contributed by atoms with E-state index in [2.05, 4.69) is 10.3 Å². The number of thiazole rings is 1. The Morgan fingerprint density at radius 3 is 2.79 bits per heavy atom. The Kier molecular flexibility index (Phi) is 3.90. The van der Waals surface area contributed by atoms with E-state index >= 15 is 0 Å². The molecule has 0 saturated carbocycles. The monoisotopic (exact) mass is 341 g/mol. The number of amides is 2.